The Kier molecular flexibility index (Phi) is 7.86. The average molecular weight is 197 g/mol. The number of hydrogen-bond donors (Lipinski definition) is 2. The predicted molar refractivity (Wildman–Crippen MR) is 55.4 cm³/mol. The second kappa shape index (κ2) is 8.52. The van der Waals surface area contributed by atoms with E-state index in [1.165, 1.54) is 0 Å². The monoisotopic (exact) mass is 197 g/mol. The van der Waals surface area contributed by atoms with Gasteiger partial charge in [-0.05, 0) is 19.3 Å². The van der Waals surface area contributed by atoms with Crippen molar-refractivity contribution in [2.24, 2.45) is 5.73 Å². The molecule has 4 heteroatoms. The molecular weight excluding hydrogens is 178 g/mol. The van der Waals surface area contributed by atoms with Crippen molar-refractivity contribution >= 4 is 5.91 Å². The van der Waals surface area contributed by atoms with Gasteiger partial charge in [-0.3, -0.25) is 4.79 Å². The molecule has 0 aromatic rings. The van der Waals surface area contributed by atoms with Gasteiger partial charge < -0.3 is 11.1 Å². The number of nitrogens with two attached hydrogens (primary N) is 1. The van der Waals surface area contributed by atoms with Crippen molar-refractivity contribution in [2.75, 3.05) is 6.54 Å². The Labute approximate surface area is 85.5 Å². The molecular formula is C10H19N3O. The van der Waals surface area contributed by atoms with Crippen molar-refractivity contribution in [3.8, 4) is 6.07 Å². The zero-order chi connectivity index (χ0) is 10.8. The maximum Gasteiger partial charge on any atom is 0.236 e. The van der Waals surface area contributed by atoms with E-state index in [0.717, 1.165) is 25.7 Å². The van der Waals surface area contributed by atoms with Crippen molar-refractivity contribution in [3.05, 3.63) is 0 Å². The Morgan fingerprint density at radius 3 is 2.86 bits per heavy atom. The van der Waals surface area contributed by atoms with Gasteiger partial charge in [0.1, 0.15) is 0 Å². The van der Waals surface area contributed by atoms with E-state index in [9.17, 15) is 4.79 Å². The minimum atomic E-state index is -0.379. The number of amides is 1. The van der Waals surface area contributed by atoms with Gasteiger partial charge >= 0.3 is 0 Å². The van der Waals surface area contributed by atoms with Crippen molar-refractivity contribution in [3.63, 3.8) is 0 Å². The lowest BCUT2D eigenvalue weighted by atomic mass is 10.1. The van der Waals surface area contributed by atoms with E-state index in [1.807, 2.05) is 6.92 Å². The number of nitrogens with zero attached hydrogens (tertiary/aromatic N) is 1. The van der Waals surface area contributed by atoms with Gasteiger partial charge in [-0.1, -0.05) is 13.3 Å². The van der Waals surface area contributed by atoms with Crippen LogP contribution < -0.4 is 11.1 Å². The van der Waals surface area contributed by atoms with Gasteiger partial charge in [-0.25, -0.2) is 0 Å². The van der Waals surface area contributed by atoms with Crippen LogP contribution in [-0.4, -0.2) is 18.5 Å². The highest BCUT2D eigenvalue weighted by Gasteiger charge is 2.10. The SMILES string of the molecule is CCCC(N)C(=O)NCCCCC#N. The van der Waals surface area contributed by atoms with Crippen molar-refractivity contribution in [2.45, 2.75) is 45.1 Å². The molecule has 0 saturated carbocycles. The van der Waals surface area contributed by atoms with E-state index >= 15 is 0 Å². The first-order valence-corrected chi connectivity index (χ1v) is 5.12. The molecule has 0 heterocycles. The normalized spacial score (nSPS) is 11.8. The van der Waals surface area contributed by atoms with E-state index in [0.29, 0.717) is 13.0 Å². The summed E-state index contributed by atoms with van der Waals surface area (Å²) in [5, 5.41) is 11.0. The zero-order valence-corrected chi connectivity index (χ0v) is 8.75. The molecule has 80 valence electrons. The summed E-state index contributed by atoms with van der Waals surface area (Å²) in [7, 11) is 0. The van der Waals surface area contributed by atoms with Crippen molar-refractivity contribution < 1.29 is 4.79 Å². The molecule has 4 nitrogen and oxygen atoms in total. The summed E-state index contributed by atoms with van der Waals surface area (Å²) < 4.78 is 0. The van der Waals surface area contributed by atoms with Gasteiger partial charge in [-0.15, -0.1) is 0 Å². The Balaban J connectivity index is 3.40. The van der Waals surface area contributed by atoms with E-state index in [1.54, 1.807) is 0 Å². The van der Waals surface area contributed by atoms with Crippen LogP contribution in [0, 0.1) is 11.3 Å². The molecule has 0 radical (unpaired) electrons. The molecule has 0 aromatic heterocycles. The third kappa shape index (κ3) is 6.44. The third-order valence-electron chi connectivity index (χ3n) is 1.95. The third-order valence-corrected chi connectivity index (χ3v) is 1.95. The molecule has 0 fully saturated rings. The molecule has 0 bridgehead atoms. The molecule has 0 aliphatic carbocycles. The van der Waals surface area contributed by atoms with Crippen molar-refractivity contribution in [1.29, 1.82) is 5.26 Å². The molecule has 0 aliphatic rings. The molecule has 0 spiro atoms. The highest BCUT2D eigenvalue weighted by atomic mass is 16.2. The minimum absolute atomic E-state index is 0.0798. The summed E-state index contributed by atoms with van der Waals surface area (Å²) >= 11 is 0. The standard InChI is InChI=1S/C10H19N3O/c1-2-6-9(12)10(14)13-8-5-3-4-7-11/h9H,2-6,8,12H2,1H3,(H,13,14). The lowest BCUT2D eigenvalue weighted by Gasteiger charge is -2.10. The average Bonchev–Trinajstić information content (AvgIpc) is 2.17. The Morgan fingerprint density at radius 1 is 1.57 bits per heavy atom. The lowest BCUT2D eigenvalue weighted by Crippen LogP contribution is -2.40. The molecule has 3 N–H and O–H groups in total. The first-order valence-electron chi connectivity index (χ1n) is 5.12. The summed E-state index contributed by atoms with van der Waals surface area (Å²) in [5.74, 6) is -0.0798. The molecule has 0 aliphatic heterocycles. The maximum absolute atomic E-state index is 11.3. The Morgan fingerprint density at radius 2 is 2.29 bits per heavy atom. The van der Waals surface area contributed by atoms with Crippen LogP contribution in [0.4, 0.5) is 0 Å². The van der Waals surface area contributed by atoms with E-state index < -0.39 is 0 Å². The highest BCUT2D eigenvalue weighted by Crippen LogP contribution is 1.94. The summed E-state index contributed by atoms with van der Waals surface area (Å²) in [6.45, 7) is 2.62. The number of nitrogens with one attached hydrogen (secondary N) is 1. The zero-order valence-electron chi connectivity index (χ0n) is 8.75. The number of carbonyl (C=O) groups excluding carboxylic acids is 1. The summed E-state index contributed by atoms with van der Waals surface area (Å²) in [5.41, 5.74) is 5.60. The van der Waals surface area contributed by atoms with Gasteiger partial charge in [0.2, 0.25) is 5.91 Å². The van der Waals surface area contributed by atoms with Gasteiger partial charge in [0.25, 0.3) is 0 Å². The largest absolute Gasteiger partial charge is 0.355 e. The first kappa shape index (κ1) is 12.9. The smallest absolute Gasteiger partial charge is 0.236 e. The number of carbonyl (C=O) groups is 1. The second-order valence-electron chi connectivity index (χ2n) is 3.30. The topological polar surface area (TPSA) is 78.9 Å². The van der Waals surface area contributed by atoms with Gasteiger partial charge in [0.05, 0.1) is 12.1 Å². The molecule has 1 amide bonds. The highest BCUT2D eigenvalue weighted by molar-refractivity contribution is 5.81. The predicted octanol–water partition coefficient (Wildman–Crippen LogP) is 0.924. The summed E-state index contributed by atoms with van der Waals surface area (Å²) in [6, 6.07) is 1.68. The molecule has 14 heavy (non-hydrogen) atoms. The lowest BCUT2D eigenvalue weighted by molar-refractivity contribution is -0.122. The molecule has 0 aromatic carbocycles. The van der Waals surface area contributed by atoms with E-state index in [2.05, 4.69) is 11.4 Å². The van der Waals surface area contributed by atoms with Gasteiger partial charge in [0.15, 0.2) is 0 Å². The van der Waals surface area contributed by atoms with Crippen LogP contribution in [0.15, 0.2) is 0 Å². The van der Waals surface area contributed by atoms with Crippen LogP contribution in [0.5, 0.6) is 0 Å². The molecule has 0 saturated heterocycles. The van der Waals surface area contributed by atoms with Gasteiger partial charge in [0, 0.05) is 13.0 Å². The molecule has 1 unspecified atom stereocenters. The van der Waals surface area contributed by atoms with Gasteiger partial charge in [-0.2, -0.15) is 5.26 Å². The summed E-state index contributed by atoms with van der Waals surface area (Å²) in [6.07, 6.45) is 3.88. The number of unbranched alkanes of at least 4 members (excludes halogenated alkanes) is 2. The van der Waals surface area contributed by atoms with Crippen LogP contribution >= 0.6 is 0 Å². The molecule has 0 rings (SSSR count). The summed E-state index contributed by atoms with van der Waals surface area (Å²) in [4.78, 5) is 11.3. The van der Waals surface area contributed by atoms with E-state index in [-0.39, 0.29) is 11.9 Å². The fraction of sp³-hybridized carbons (Fsp3) is 0.800. The number of nitriles is 1. The Hall–Kier alpha value is -1.08. The fourth-order valence-corrected chi connectivity index (χ4v) is 1.11. The maximum atomic E-state index is 11.3. The van der Waals surface area contributed by atoms with Crippen molar-refractivity contribution in [1.82, 2.24) is 5.32 Å². The van der Waals surface area contributed by atoms with Crippen LogP contribution in [0.1, 0.15) is 39.0 Å². The second-order valence-corrected chi connectivity index (χ2v) is 3.30. The Bertz CT molecular complexity index is 198. The molecule has 1 atom stereocenters. The number of hydrogen-bond acceptors (Lipinski definition) is 3. The quantitative estimate of drug-likeness (QED) is 0.596. The number of rotatable bonds is 7. The first-order chi connectivity index (χ1) is 6.72. The van der Waals surface area contributed by atoms with E-state index in [4.69, 9.17) is 11.0 Å². The van der Waals surface area contributed by atoms with Crippen LogP contribution in [0.2, 0.25) is 0 Å². The fourth-order valence-electron chi connectivity index (χ4n) is 1.11. The van der Waals surface area contributed by atoms with Crippen LogP contribution in [0.25, 0.3) is 0 Å². The van der Waals surface area contributed by atoms with Crippen LogP contribution in [-0.2, 0) is 4.79 Å². The minimum Gasteiger partial charge on any atom is -0.355 e. The van der Waals surface area contributed by atoms with Crippen LogP contribution in [0.3, 0.4) is 0 Å².